The van der Waals surface area contributed by atoms with Crippen molar-refractivity contribution in [1.29, 1.82) is 0 Å². The first-order valence-electron chi connectivity index (χ1n) is 7.16. The molecule has 0 radical (unpaired) electrons. The van der Waals surface area contributed by atoms with E-state index < -0.39 is 0 Å². The monoisotopic (exact) mass is 259 g/mol. The van der Waals surface area contributed by atoms with Crippen molar-refractivity contribution in [2.75, 3.05) is 12.0 Å². The number of hydrogen-bond donors (Lipinski definition) is 0. The fourth-order valence-corrected chi connectivity index (χ4v) is 3.61. The molecule has 0 aromatic heterocycles. The first kappa shape index (κ1) is 12.7. The van der Waals surface area contributed by atoms with Gasteiger partial charge in [0.2, 0.25) is 0 Å². The van der Waals surface area contributed by atoms with Crippen LogP contribution in [0.1, 0.15) is 37.7 Å². The van der Waals surface area contributed by atoms with Crippen LogP contribution in [-0.4, -0.2) is 25.0 Å². The zero-order valence-corrected chi connectivity index (χ0v) is 11.5. The minimum absolute atomic E-state index is 0.401. The van der Waals surface area contributed by atoms with Gasteiger partial charge in [0.25, 0.3) is 0 Å². The third-order valence-electron chi connectivity index (χ3n) is 4.36. The van der Waals surface area contributed by atoms with Crippen LogP contribution in [-0.2, 0) is 16.1 Å². The van der Waals surface area contributed by atoms with Crippen molar-refractivity contribution in [1.82, 2.24) is 0 Å². The van der Waals surface area contributed by atoms with Gasteiger partial charge in [0.15, 0.2) is 0 Å². The molecule has 0 amide bonds. The Hall–Kier alpha value is -1.35. The van der Waals surface area contributed by atoms with Crippen LogP contribution in [0, 0.1) is 0 Å². The third kappa shape index (κ3) is 2.39. The fourth-order valence-electron chi connectivity index (χ4n) is 3.61. The topological polar surface area (TPSA) is 29.5 Å². The number of rotatable bonds is 3. The summed E-state index contributed by atoms with van der Waals surface area (Å²) in [7, 11) is 1.73. The number of anilines is 1. The highest BCUT2D eigenvalue weighted by atomic mass is 16.5. The van der Waals surface area contributed by atoms with Crippen molar-refractivity contribution in [3.8, 4) is 0 Å². The second-order valence-corrected chi connectivity index (χ2v) is 5.65. The predicted molar refractivity (Wildman–Crippen MR) is 75.3 cm³/mol. The number of fused-ring (bicyclic) bond motifs is 2. The van der Waals surface area contributed by atoms with E-state index in [-0.39, 0.29) is 0 Å². The molecule has 2 unspecified atom stereocenters. The van der Waals surface area contributed by atoms with Gasteiger partial charge in [-0.25, -0.2) is 0 Å². The Bertz CT molecular complexity index is 456. The first-order valence-corrected chi connectivity index (χ1v) is 7.16. The molecule has 2 aliphatic heterocycles. The van der Waals surface area contributed by atoms with Gasteiger partial charge < -0.3 is 9.64 Å². The van der Waals surface area contributed by atoms with Crippen molar-refractivity contribution in [3.05, 3.63) is 29.8 Å². The van der Waals surface area contributed by atoms with Crippen LogP contribution in [0.2, 0.25) is 0 Å². The van der Waals surface area contributed by atoms with E-state index in [0.717, 1.165) is 25.7 Å². The summed E-state index contributed by atoms with van der Waals surface area (Å²) in [6.45, 7) is 0.639. The Balaban J connectivity index is 1.94. The number of benzene rings is 1. The molecule has 0 spiro atoms. The lowest BCUT2D eigenvalue weighted by Gasteiger charge is -2.47. The number of ketones is 1. The molecule has 0 saturated carbocycles. The van der Waals surface area contributed by atoms with Crippen molar-refractivity contribution in [3.63, 3.8) is 0 Å². The number of Topliss-reactive ketones (excluding diaryl/α,β-unsaturated/α-hetero) is 1. The summed E-state index contributed by atoms with van der Waals surface area (Å²) >= 11 is 0. The van der Waals surface area contributed by atoms with Crippen LogP contribution in [0.4, 0.5) is 5.69 Å². The lowest BCUT2D eigenvalue weighted by Crippen LogP contribution is -2.52. The fraction of sp³-hybridized carbons (Fsp3) is 0.562. The summed E-state index contributed by atoms with van der Waals surface area (Å²) in [6.07, 6.45) is 4.98. The van der Waals surface area contributed by atoms with Crippen LogP contribution in [0.3, 0.4) is 0 Å². The lowest BCUT2D eigenvalue weighted by atomic mass is 9.83. The molecule has 3 heteroatoms. The quantitative estimate of drug-likeness (QED) is 0.836. The summed E-state index contributed by atoms with van der Waals surface area (Å²) in [5.41, 5.74) is 2.50. The van der Waals surface area contributed by atoms with Gasteiger partial charge in [0.05, 0.1) is 6.61 Å². The Labute approximate surface area is 114 Å². The molecule has 102 valence electrons. The van der Waals surface area contributed by atoms with Crippen molar-refractivity contribution >= 4 is 11.5 Å². The van der Waals surface area contributed by atoms with E-state index in [2.05, 4.69) is 29.2 Å². The zero-order valence-electron chi connectivity index (χ0n) is 11.5. The number of ether oxygens (including phenoxy) is 1. The normalized spacial score (nSPS) is 26.6. The molecule has 0 aliphatic carbocycles. The Morgan fingerprint density at radius 3 is 2.58 bits per heavy atom. The maximum Gasteiger partial charge on any atom is 0.137 e. The van der Waals surface area contributed by atoms with E-state index in [4.69, 9.17) is 4.74 Å². The predicted octanol–water partition coefficient (Wildman–Crippen LogP) is 2.92. The third-order valence-corrected chi connectivity index (χ3v) is 4.36. The maximum absolute atomic E-state index is 11.8. The molecule has 2 heterocycles. The van der Waals surface area contributed by atoms with Crippen LogP contribution in [0.15, 0.2) is 24.3 Å². The van der Waals surface area contributed by atoms with Gasteiger partial charge in [0, 0.05) is 43.3 Å². The number of para-hydroxylation sites is 1. The molecule has 2 bridgehead atoms. The van der Waals surface area contributed by atoms with Gasteiger partial charge >= 0.3 is 0 Å². The number of hydrogen-bond acceptors (Lipinski definition) is 3. The standard InChI is InChI=1S/C16H21NO2/c1-19-11-12-5-2-3-8-16(12)17-13-6-4-7-14(17)10-15(18)9-13/h2-3,5,8,13-14H,4,6-7,9-11H2,1H3. The zero-order chi connectivity index (χ0) is 13.2. The summed E-state index contributed by atoms with van der Waals surface area (Å²) in [4.78, 5) is 14.3. The van der Waals surface area contributed by atoms with E-state index in [1.807, 2.05) is 0 Å². The van der Waals surface area contributed by atoms with Crippen LogP contribution >= 0.6 is 0 Å². The van der Waals surface area contributed by atoms with E-state index >= 15 is 0 Å². The lowest BCUT2D eigenvalue weighted by molar-refractivity contribution is -0.121. The second kappa shape index (κ2) is 5.33. The van der Waals surface area contributed by atoms with Crippen LogP contribution in [0.25, 0.3) is 0 Å². The molecule has 0 N–H and O–H groups in total. The Morgan fingerprint density at radius 2 is 1.89 bits per heavy atom. The summed E-state index contributed by atoms with van der Waals surface area (Å²) in [6, 6.07) is 9.25. The molecule has 3 rings (SSSR count). The van der Waals surface area contributed by atoms with Gasteiger partial charge in [-0.3, -0.25) is 4.79 Å². The second-order valence-electron chi connectivity index (χ2n) is 5.65. The highest BCUT2D eigenvalue weighted by molar-refractivity contribution is 5.83. The van der Waals surface area contributed by atoms with Gasteiger partial charge in [-0.2, -0.15) is 0 Å². The number of nitrogens with zero attached hydrogens (tertiary/aromatic N) is 1. The summed E-state index contributed by atoms with van der Waals surface area (Å²) in [5.74, 6) is 0.440. The van der Waals surface area contributed by atoms with Gasteiger partial charge in [-0.15, -0.1) is 0 Å². The smallest absolute Gasteiger partial charge is 0.137 e. The molecule has 1 aromatic rings. The average molecular weight is 259 g/mol. The summed E-state index contributed by atoms with van der Waals surface area (Å²) < 4.78 is 5.31. The molecular weight excluding hydrogens is 238 g/mol. The number of carbonyl (C=O) groups excluding carboxylic acids is 1. The number of carbonyl (C=O) groups is 1. The van der Waals surface area contributed by atoms with Gasteiger partial charge in [-0.05, 0) is 25.3 Å². The molecule has 1 aromatic carbocycles. The van der Waals surface area contributed by atoms with E-state index in [1.54, 1.807) is 7.11 Å². The largest absolute Gasteiger partial charge is 0.380 e. The minimum atomic E-state index is 0.401. The average Bonchev–Trinajstić information content (AvgIpc) is 2.39. The van der Waals surface area contributed by atoms with E-state index in [9.17, 15) is 4.79 Å². The molecule has 2 saturated heterocycles. The van der Waals surface area contributed by atoms with Crippen molar-refractivity contribution in [2.24, 2.45) is 0 Å². The van der Waals surface area contributed by atoms with Crippen molar-refractivity contribution in [2.45, 2.75) is 50.8 Å². The highest BCUT2D eigenvalue weighted by Gasteiger charge is 2.38. The molecular formula is C16H21NO2. The Morgan fingerprint density at radius 1 is 1.21 bits per heavy atom. The molecule has 2 atom stereocenters. The molecule has 2 aliphatic rings. The maximum atomic E-state index is 11.8. The highest BCUT2D eigenvalue weighted by Crippen LogP contribution is 2.37. The van der Waals surface area contributed by atoms with Crippen LogP contribution < -0.4 is 4.90 Å². The molecule has 2 fully saturated rings. The molecule has 3 nitrogen and oxygen atoms in total. The number of methoxy groups -OCH3 is 1. The first-order chi connectivity index (χ1) is 9.29. The molecule has 19 heavy (non-hydrogen) atoms. The van der Waals surface area contributed by atoms with Crippen LogP contribution in [0.5, 0.6) is 0 Å². The van der Waals surface area contributed by atoms with E-state index in [0.29, 0.717) is 24.5 Å². The SMILES string of the molecule is COCc1ccccc1N1C2CCCC1CC(=O)C2. The van der Waals surface area contributed by atoms with E-state index in [1.165, 1.54) is 17.7 Å². The minimum Gasteiger partial charge on any atom is -0.380 e. The van der Waals surface area contributed by atoms with Gasteiger partial charge in [-0.1, -0.05) is 18.2 Å². The van der Waals surface area contributed by atoms with Crippen molar-refractivity contribution < 1.29 is 9.53 Å². The number of piperidine rings is 2. The van der Waals surface area contributed by atoms with Gasteiger partial charge in [0.1, 0.15) is 5.78 Å². The Kier molecular flexibility index (Phi) is 3.56. The summed E-state index contributed by atoms with van der Waals surface area (Å²) in [5, 5.41) is 0.